The fourth-order valence-electron chi connectivity index (χ4n) is 3.11. The number of rotatable bonds is 3. The van der Waals surface area contributed by atoms with Gasteiger partial charge in [-0.15, -0.1) is 0 Å². The van der Waals surface area contributed by atoms with Gasteiger partial charge in [-0.3, -0.25) is 10.3 Å². The molecule has 4 nitrogen and oxygen atoms in total. The van der Waals surface area contributed by atoms with Crippen molar-refractivity contribution in [1.82, 2.24) is 4.90 Å². The predicted molar refractivity (Wildman–Crippen MR) is 75.6 cm³/mol. The lowest BCUT2D eigenvalue weighted by Gasteiger charge is -2.32. The standard InChI is InChI=1S/C15H20FN3O/c16-12-1-2-14-11(7-12)8-13(20-14)9-19-5-3-10(4-6-19)15(17)18/h1-2,7,10,13H,3-6,8-9H2,(H3,17,18). The molecule has 2 heterocycles. The van der Waals surface area contributed by atoms with E-state index in [1.165, 1.54) is 6.07 Å². The molecule has 0 amide bonds. The highest BCUT2D eigenvalue weighted by atomic mass is 19.1. The third-order valence-corrected chi connectivity index (χ3v) is 4.25. The molecule has 1 atom stereocenters. The highest BCUT2D eigenvalue weighted by molar-refractivity contribution is 5.79. The molecule has 2 aliphatic rings. The Morgan fingerprint density at radius 3 is 2.85 bits per heavy atom. The molecule has 2 aliphatic heterocycles. The van der Waals surface area contributed by atoms with Crippen molar-refractivity contribution in [3.8, 4) is 5.75 Å². The van der Waals surface area contributed by atoms with Gasteiger partial charge in [0, 0.05) is 24.4 Å². The minimum absolute atomic E-state index is 0.112. The van der Waals surface area contributed by atoms with Crippen molar-refractivity contribution < 1.29 is 9.13 Å². The van der Waals surface area contributed by atoms with Crippen molar-refractivity contribution in [2.45, 2.75) is 25.4 Å². The van der Waals surface area contributed by atoms with Gasteiger partial charge in [-0.05, 0) is 44.1 Å². The zero-order chi connectivity index (χ0) is 14.1. The molecule has 0 radical (unpaired) electrons. The van der Waals surface area contributed by atoms with Crippen LogP contribution in [-0.2, 0) is 6.42 Å². The number of hydrogen-bond donors (Lipinski definition) is 2. The van der Waals surface area contributed by atoms with Crippen molar-refractivity contribution in [3.63, 3.8) is 0 Å². The van der Waals surface area contributed by atoms with Crippen LogP contribution in [0.5, 0.6) is 5.75 Å². The van der Waals surface area contributed by atoms with Crippen molar-refractivity contribution >= 4 is 5.84 Å². The first kappa shape index (κ1) is 13.4. The molecule has 5 heteroatoms. The Bertz CT molecular complexity index is 512. The second-order valence-electron chi connectivity index (χ2n) is 5.73. The van der Waals surface area contributed by atoms with Gasteiger partial charge in [-0.2, -0.15) is 0 Å². The van der Waals surface area contributed by atoms with Crippen LogP contribution in [0.25, 0.3) is 0 Å². The molecular formula is C15H20FN3O. The summed E-state index contributed by atoms with van der Waals surface area (Å²) in [5.74, 6) is 1.16. The number of piperidine rings is 1. The van der Waals surface area contributed by atoms with Crippen LogP contribution in [0.4, 0.5) is 4.39 Å². The van der Waals surface area contributed by atoms with Crippen LogP contribution in [0.2, 0.25) is 0 Å². The molecule has 1 aromatic carbocycles. The summed E-state index contributed by atoms with van der Waals surface area (Å²) in [6.07, 6.45) is 2.79. The molecule has 1 aromatic rings. The maximum absolute atomic E-state index is 13.2. The molecular weight excluding hydrogens is 257 g/mol. The molecule has 1 saturated heterocycles. The summed E-state index contributed by atoms with van der Waals surface area (Å²) >= 11 is 0. The largest absolute Gasteiger partial charge is 0.488 e. The lowest BCUT2D eigenvalue weighted by atomic mass is 9.95. The Morgan fingerprint density at radius 1 is 1.40 bits per heavy atom. The van der Waals surface area contributed by atoms with Crippen LogP contribution < -0.4 is 10.5 Å². The third kappa shape index (κ3) is 2.77. The SMILES string of the molecule is N=C(N)C1CCN(CC2Cc3cc(F)ccc3O2)CC1. The first-order chi connectivity index (χ1) is 9.61. The third-order valence-electron chi connectivity index (χ3n) is 4.25. The average molecular weight is 277 g/mol. The minimum atomic E-state index is -0.199. The smallest absolute Gasteiger partial charge is 0.123 e. The van der Waals surface area contributed by atoms with Gasteiger partial charge in [0.25, 0.3) is 0 Å². The number of benzene rings is 1. The lowest BCUT2D eigenvalue weighted by molar-refractivity contribution is 0.127. The van der Waals surface area contributed by atoms with Crippen LogP contribution >= 0.6 is 0 Å². The second-order valence-corrected chi connectivity index (χ2v) is 5.73. The molecule has 3 N–H and O–H groups in total. The molecule has 0 aromatic heterocycles. The lowest BCUT2D eigenvalue weighted by Crippen LogP contribution is -2.42. The van der Waals surface area contributed by atoms with Gasteiger partial charge in [0.15, 0.2) is 0 Å². The van der Waals surface area contributed by atoms with Crippen molar-refractivity contribution in [2.75, 3.05) is 19.6 Å². The maximum atomic E-state index is 13.2. The summed E-state index contributed by atoms with van der Waals surface area (Å²) in [5, 5.41) is 7.49. The van der Waals surface area contributed by atoms with Crippen molar-refractivity contribution in [2.24, 2.45) is 11.7 Å². The van der Waals surface area contributed by atoms with E-state index >= 15 is 0 Å². The summed E-state index contributed by atoms with van der Waals surface area (Å²) in [5.41, 5.74) is 6.52. The summed E-state index contributed by atoms with van der Waals surface area (Å²) in [6.45, 7) is 2.77. The highest BCUT2D eigenvalue weighted by Gasteiger charge is 2.28. The zero-order valence-electron chi connectivity index (χ0n) is 11.4. The monoisotopic (exact) mass is 277 g/mol. The number of amidine groups is 1. The van der Waals surface area contributed by atoms with E-state index in [4.69, 9.17) is 15.9 Å². The minimum Gasteiger partial charge on any atom is -0.488 e. The van der Waals surface area contributed by atoms with E-state index in [2.05, 4.69) is 4.90 Å². The molecule has 108 valence electrons. The van der Waals surface area contributed by atoms with Gasteiger partial charge < -0.3 is 10.5 Å². The van der Waals surface area contributed by atoms with Crippen molar-refractivity contribution in [3.05, 3.63) is 29.6 Å². The molecule has 0 spiro atoms. The molecule has 1 unspecified atom stereocenters. The van der Waals surface area contributed by atoms with Crippen LogP contribution in [0.1, 0.15) is 18.4 Å². The topological polar surface area (TPSA) is 62.3 Å². The van der Waals surface area contributed by atoms with Gasteiger partial charge in [0.1, 0.15) is 17.7 Å². The molecule has 0 saturated carbocycles. The van der Waals surface area contributed by atoms with E-state index in [-0.39, 0.29) is 17.8 Å². The quantitative estimate of drug-likeness (QED) is 0.654. The number of fused-ring (bicyclic) bond motifs is 1. The van der Waals surface area contributed by atoms with Gasteiger partial charge in [0.2, 0.25) is 0 Å². The van der Waals surface area contributed by atoms with E-state index in [9.17, 15) is 4.39 Å². The van der Waals surface area contributed by atoms with Gasteiger partial charge in [-0.1, -0.05) is 0 Å². The fraction of sp³-hybridized carbons (Fsp3) is 0.533. The van der Waals surface area contributed by atoms with E-state index in [1.807, 2.05) is 0 Å². The molecule has 20 heavy (non-hydrogen) atoms. The van der Waals surface area contributed by atoms with Crippen LogP contribution in [0.15, 0.2) is 18.2 Å². The Labute approximate surface area is 118 Å². The van der Waals surface area contributed by atoms with E-state index < -0.39 is 0 Å². The number of nitrogens with one attached hydrogen (secondary N) is 1. The summed E-state index contributed by atoms with van der Waals surface area (Å²) in [4.78, 5) is 2.35. The Hall–Kier alpha value is -1.62. The van der Waals surface area contributed by atoms with Gasteiger partial charge >= 0.3 is 0 Å². The first-order valence-corrected chi connectivity index (χ1v) is 7.13. The number of halogens is 1. The second kappa shape index (κ2) is 5.40. The first-order valence-electron chi connectivity index (χ1n) is 7.13. The maximum Gasteiger partial charge on any atom is 0.123 e. The summed E-state index contributed by atoms with van der Waals surface area (Å²) < 4.78 is 19.0. The van der Waals surface area contributed by atoms with Crippen LogP contribution in [0.3, 0.4) is 0 Å². The molecule has 1 fully saturated rings. The molecule has 3 rings (SSSR count). The van der Waals surface area contributed by atoms with E-state index in [0.29, 0.717) is 5.84 Å². The van der Waals surface area contributed by atoms with Gasteiger partial charge in [-0.25, -0.2) is 4.39 Å². The number of likely N-dealkylation sites (tertiary alicyclic amines) is 1. The number of hydrogen-bond acceptors (Lipinski definition) is 3. The zero-order valence-corrected chi connectivity index (χ0v) is 11.4. The van der Waals surface area contributed by atoms with E-state index in [1.54, 1.807) is 12.1 Å². The molecule has 0 bridgehead atoms. The number of nitrogens with two attached hydrogens (primary N) is 1. The molecule has 0 aliphatic carbocycles. The summed E-state index contributed by atoms with van der Waals surface area (Å²) in [6, 6.07) is 4.73. The normalized spacial score (nSPS) is 23.4. The number of nitrogens with zero attached hydrogens (tertiary/aromatic N) is 1. The van der Waals surface area contributed by atoms with Crippen molar-refractivity contribution in [1.29, 1.82) is 5.41 Å². The summed E-state index contributed by atoms with van der Waals surface area (Å²) in [7, 11) is 0. The Morgan fingerprint density at radius 2 is 2.15 bits per heavy atom. The highest BCUT2D eigenvalue weighted by Crippen LogP contribution is 2.30. The average Bonchev–Trinajstić information content (AvgIpc) is 2.80. The van der Waals surface area contributed by atoms with Crippen LogP contribution in [-0.4, -0.2) is 36.5 Å². The van der Waals surface area contributed by atoms with E-state index in [0.717, 1.165) is 50.2 Å². The Kier molecular flexibility index (Phi) is 3.61. The fourth-order valence-corrected chi connectivity index (χ4v) is 3.11. The Balaban J connectivity index is 1.53. The number of ether oxygens (including phenoxy) is 1. The predicted octanol–water partition coefficient (Wildman–Crippen LogP) is 1.78. The van der Waals surface area contributed by atoms with Gasteiger partial charge in [0.05, 0.1) is 5.84 Å². The van der Waals surface area contributed by atoms with Crippen LogP contribution in [0, 0.1) is 17.1 Å².